The standard InChI is InChI=1S/C10H13F3O/c1-4-7-9(8(5-2)6-3)14-10(11,12)13/h4-5,7H,2,6H2,1,3H3/b7-4-,9-8-. The minimum Gasteiger partial charge on any atom is -0.406 e. The van der Waals surface area contributed by atoms with Crippen molar-refractivity contribution < 1.29 is 17.9 Å². The van der Waals surface area contributed by atoms with Crippen molar-refractivity contribution in [2.75, 3.05) is 0 Å². The quantitative estimate of drug-likeness (QED) is 0.500. The molecular formula is C10H13F3O. The number of ether oxygens (including phenoxy) is 1. The van der Waals surface area contributed by atoms with Crippen LogP contribution in [-0.4, -0.2) is 6.36 Å². The molecule has 0 atom stereocenters. The van der Waals surface area contributed by atoms with Crippen LogP contribution in [0.4, 0.5) is 13.2 Å². The Labute approximate surface area is 81.6 Å². The zero-order chi connectivity index (χ0) is 11.2. The summed E-state index contributed by atoms with van der Waals surface area (Å²) in [6.45, 7) is 6.78. The first-order chi connectivity index (χ1) is 6.44. The molecule has 4 heteroatoms. The molecule has 0 radical (unpaired) electrons. The van der Waals surface area contributed by atoms with Crippen LogP contribution >= 0.6 is 0 Å². The average molecular weight is 206 g/mol. The molecule has 0 amide bonds. The predicted octanol–water partition coefficient (Wildman–Crippen LogP) is 3.95. The van der Waals surface area contributed by atoms with Gasteiger partial charge in [-0.2, -0.15) is 0 Å². The summed E-state index contributed by atoms with van der Waals surface area (Å²) in [7, 11) is 0. The van der Waals surface area contributed by atoms with Crippen LogP contribution < -0.4 is 0 Å². The van der Waals surface area contributed by atoms with Gasteiger partial charge in [-0.25, -0.2) is 0 Å². The molecule has 0 aromatic rings. The Kier molecular flexibility index (Phi) is 5.05. The molecule has 0 spiro atoms. The molecule has 80 valence electrons. The molecule has 0 aromatic heterocycles. The smallest absolute Gasteiger partial charge is 0.406 e. The van der Waals surface area contributed by atoms with Gasteiger partial charge < -0.3 is 4.74 Å². The predicted molar refractivity (Wildman–Crippen MR) is 49.5 cm³/mol. The molecular weight excluding hydrogens is 193 g/mol. The third-order valence-electron chi connectivity index (χ3n) is 1.49. The lowest BCUT2D eigenvalue weighted by Gasteiger charge is -2.12. The van der Waals surface area contributed by atoms with E-state index in [2.05, 4.69) is 11.3 Å². The highest BCUT2D eigenvalue weighted by Crippen LogP contribution is 2.24. The van der Waals surface area contributed by atoms with Gasteiger partial charge in [0.05, 0.1) is 0 Å². The van der Waals surface area contributed by atoms with E-state index in [0.717, 1.165) is 0 Å². The number of rotatable bonds is 4. The van der Waals surface area contributed by atoms with Gasteiger partial charge in [-0.15, -0.1) is 13.2 Å². The van der Waals surface area contributed by atoms with Gasteiger partial charge in [-0.3, -0.25) is 0 Å². The van der Waals surface area contributed by atoms with Crippen molar-refractivity contribution in [2.45, 2.75) is 26.6 Å². The van der Waals surface area contributed by atoms with Gasteiger partial charge in [0.1, 0.15) is 5.76 Å². The second kappa shape index (κ2) is 5.52. The molecule has 0 unspecified atom stereocenters. The van der Waals surface area contributed by atoms with Gasteiger partial charge in [0.2, 0.25) is 0 Å². The molecule has 0 heterocycles. The molecule has 0 aliphatic heterocycles. The Morgan fingerprint density at radius 2 is 2.00 bits per heavy atom. The zero-order valence-electron chi connectivity index (χ0n) is 8.19. The molecule has 0 rings (SSSR count). The van der Waals surface area contributed by atoms with Gasteiger partial charge in [0.15, 0.2) is 0 Å². The van der Waals surface area contributed by atoms with Gasteiger partial charge in [0.25, 0.3) is 0 Å². The number of halogens is 3. The van der Waals surface area contributed by atoms with Crippen LogP contribution in [0.3, 0.4) is 0 Å². The Morgan fingerprint density at radius 1 is 1.43 bits per heavy atom. The lowest BCUT2D eigenvalue weighted by molar-refractivity contribution is -0.303. The summed E-state index contributed by atoms with van der Waals surface area (Å²) in [4.78, 5) is 0. The van der Waals surface area contributed by atoms with Gasteiger partial charge >= 0.3 is 6.36 Å². The van der Waals surface area contributed by atoms with E-state index in [9.17, 15) is 13.2 Å². The van der Waals surface area contributed by atoms with Crippen molar-refractivity contribution >= 4 is 0 Å². The Hall–Kier alpha value is -1.19. The highest BCUT2D eigenvalue weighted by atomic mass is 19.4. The van der Waals surface area contributed by atoms with E-state index in [1.54, 1.807) is 13.8 Å². The fourth-order valence-electron chi connectivity index (χ4n) is 0.902. The largest absolute Gasteiger partial charge is 0.573 e. The normalized spacial score (nSPS) is 14.1. The van der Waals surface area contributed by atoms with Crippen LogP contribution in [0.1, 0.15) is 20.3 Å². The Bertz CT molecular complexity index is 249. The van der Waals surface area contributed by atoms with Crippen LogP contribution in [-0.2, 0) is 4.74 Å². The Balaban J connectivity index is 4.92. The monoisotopic (exact) mass is 206 g/mol. The third-order valence-corrected chi connectivity index (χ3v) is 1.49. The second-order valence-corrected chi connectivity index (χ2v) is 2.49. The maximum atomic E-state index is 11.9. The van der Waals surface area contributed by atoms with Crippen LogP contribution in [0.5, 0.6) is 0 Å². The first-order valence-corrected chi connectivity index (χ1v) is 4.18. The summed E-state index contributed by atoms with van der Waals surface area (Å²) in [6.07, 6.45) is -0.0904. The van der Waals surface area contributed by atoms with Crippen molar-refractivity contribution in [1.82, 2.24) is 0 Å². The molecule has 0 aromatic carbocycles. The SMILES string of the molecule is C=C/C(CC)=C(\C=C/C)OC(F)(F)F. The molecule has 14 heavy (non-hydrogen) atoms. The van der Waals surface area contributed by atoms with Crippen LogP contribution in [0.2, 0.25) is 0 Å². The molecule has 0 saturated carbocycles. The highest BCUT2D eigenvalue weighted by molar-refractivity contribution is 5.27. The second-order valence-electron chi connectivity index (χ2n) is 2.49. The van der Waals surface area contributed by atoms with E-state index in [4.69, 9.17) is 0 Å². The van der Waals surface area contributed by atoms with Gasteiger partial charge in [-0.1, -0.05) is 25.7 Å². The number of alkyl halides is 3. The summed E-state index contributed by atoms with van der Waals surface area (Å²) in [5.41, 5.74) is 0.431. The molecule has 0 fully saturated rings. The fraction of sp³-hybridized carbons (Fsp3) is 0.400. The molecule has 0 saturated heterocycles. The van der Waals surface area contributed by atoms with E-state index in [1.165, 1.54) is 18.2 Å². The molecule has 0 aliphatic rings. The lowest BCUT2D eigenvalue weighted by Crippen LogP contribution is -2.13. The fourth-order valence-corrected chi connectivity index (χ4v) is 0.902. The van der Waals surface area contributed by atoms with Crippen molar-refractivity contribution in [1.29, 1.82) is 0 Å². The van der Waals surface area contributed by atoms with Crippen LogP contribution in [0.15, 0.2) is 36.1 Å². The maximum Gasteiger partial charge on any atom is 0.573 e. The van der Waals surface area contributed by atoms with Crippen LogP contribution in [0, 0.1) is 0 Å². The number of allylic oxidation sites excluding steroid dienone is 4. The molecule has 1 nitrogen and oxygen atoms in total. The van der Waals surface area contributed by atoms with Gasteiger partial charge in [-0.05, 0) is 25.0 Å². The van der Waals surface area contributed by atoms with Crippen molar-refractivity contribution in [2.24, 2.45) is 0 Å². The summed E-state index contributed by atoms with van der Waals surface area (Å²) < 4.78 is 39.7. The number of hydrogen-bond donors (Lipinski definition) is 0. The first-order valence-electron chi connectivity index (χ1n) is 4.18. The van der Waals surface area contributed by atoms with Crippen molar-refractivity contribution in [3.63, 3.8) is 0 Å². The van der Waals surface area contributed by atoms with Crippen molar-refractivity contribution in [3.05, 3.63) is 36.1 Å². The zero-order valence-corrected chi connectivity index (χ0v) is 8.19. The van der Waals surface area contributed by atoms with E-state index < -0.39 is 6.36 Å². The lowest BCUT2D eigenvalue weighted by atomic mass is 10.1. The first kappa shape index (κ1) is 12.8. The van der Waals surface area contributed by atoms with E-state index in [-0.39, 0.29) is 5.76 Å². The number of hydrogen-bond acceptors (Lipinski definition) is 1. The molecule has 0 N–H and O–H groups in total. The van der Waals surface area contributed by atoms with E-state index in [1.807, 2.05) is 0 Å². The van der Waals surface area contributed by atoms with E-state index in [0.29, 0.717) is 12.0 Å². The Morgan fingerprint density at radius 3 is 2.29 bits per heavy atom. The average Bonchev–Trinajstić information content (AvgIpc) is 2.04. The van der Waals surface area contributed by atoms with Crippen LogP contribution in [0.25, 0.3) is 0 Å². The minimum absolute atomic E-state index is 0.197. The topological polar surface area (TPSA) is 9.23 Å². The summed E-state index contributed by atoms with van der Waals surface area (Å²) in [5, 5.41) is 0. The molecule has 0 bridgehead atoms. The summed E-state index contributed by atoms with van der Waals surface area (Å²) in [6, 6.07) is 0. The third kappa shape index (κ3) is 4.74. The summed E-state index contributed by atoms with van der Waals surface area (Å²) >= 11 is 0. The summed E-state index contributed by atoms with van der Waals surface area (Å²) in [5.74, 6) is -0.197. The van der Waals surface area contributed by atoms with Gasteiger partial charge in [0, 0.05) is 0 Å². The molecule has 0 aliphatic carbocycles. The minimum atomic E-state index is -4.65. The van der Waals surface area contributed by atoms with E-state index >= 15 is 0 Å². The van der Waals surface area contributed by atoms with Crippen molar-refractivity contribution in [3.8, 4) is 0 Å². The maximum absolute atomic E-state index is 11.9. The highest BCUT2D eigenvalue weighted by Gasteiger charge is 2.32.